The highest BCUT2D eigenvalue weighted by atomic mass is 32.2. The molecule has 4 nitrogen and oxygen atoms in total. The molecule has 0 aromatic carbocycles. The third-order valence-electron chi connectivity index (χ3n) is 3.17. The zero-order valence-electron chi connectivity index (χ0n) is 10.4. The highest BCUT2D eigenvalue weighted by Gasteiger charge is 2.26. The molecule has 1 aromatic heterocycles. The van der Waals surface area contributed by atoms with Gasteiger partial charge in [-0.1, -0.05) is 6.92 Å². The summed E-state index contributed by atoms with van der Waals surface area (Å²) in [6.45, 7) is 2.16. The van der Waals surface area contributed by atoms with Crippen LogP contribution in [0.1, 0.15) is 36.5 Å². The molecule has 1 heterocycles. The van der Waals surface area contributed by atoms with Gasteiger partial charge >= 0.3 is 0 Å². The molecule has 5 heteroatoms. The summed E-state index contributed by atoms with van der Waals surface area (Å²) in [5.41, 5.74) is 0.302. The van der Waals surface area contributed by atoms with E-state index in [9.17, 15) is 9.90 Å². The van der Waals surface area contributed by atoms with E-state index in [4.69, 9.17) is 0 Å². The molecule has 18 heavy (non-hydrogen) atoms. The number of amides is 1. The minimum Gasteiger partial charge on any atom is -0.505 e. The number of hydrogen-bond acceptors (Lipinski definition) is 4. The van der Waals surface area contributed by atoms with Gasteiger partial charge < -0.3 is 10.4 Å². The van der Waals surface area contributed by atoms with Crippen LogP contribution in [0.25, 0.3) is 0 Å². The maximum absolute atomic E-state index is 12.0. The third kappa shape index (κ3) is 3.16. The number of hydrogen-bond donors (Lipinski definition) is 2. The average molecular weight is 266 g/mol. The summed E-state index contributed by atoms with van der Waals surface area (Å²) < 4.78 is 0. The third-order valence-corrected chi connectivity index (χ3v) is 4.40. The minimum atomic E-state index is -0.206. The zero-order valence-corrected chi connectivity index (χ0v) is 11.2. The first-order valence-corrected chi connectivity index (χ1v) is 7.31. The van der Waals surface area contributed by atoms with Crippen molar-refractivity contribution in [3.05, 3.63) is 24.0 Å². The van der Waals surface area contributed by atoms with Crippen molar-refractivity contribution in [2.24, 2.45) is 0 Å². The van der Waals surface area contributed by atoms with Crippen molar-refractivity contribution in [3.8, 4) is 5.75 Å². The molecule has 1 aliphatic carbocycles. The number of thioether (sulfide) groups is 1. The quantitative estimate of drug-likeness (QED) is 0.877. The molecule has 0 aliphatic heterocycles. The van der Waals surface area contributed by atoms with Gasteiger partial charge in [0.1, 0.15) is 5.75 Å². The summed E-state index contributed by atoms with van der Waals surface area (Å²) >= 11 is 1.96. The number of aromatic hydroxyl groups is 1. The standard InChI is InChI=1S/C13H18N2O2S/c1-2-18-10-4-3-9(7-10)15-13(17)11-5-6-14-8-12(11)16/h5-6,8-10,16H,2-4,7H2,1H3,(H,15,17). The van der Waals surface area contributed by atoms with Crippen molar-refractivity contribution in [1.29, 1.82) is 0 Å². The first-order chi connectivity index (χ1) is 8.70. The van der Waals surface area contributed by atoms with Crippen molar-refractivity contribution in [1.82, 2.24) is 10.3 Å². The van der Waals surface area contributed by atoms with E-state index in [1.807, 2.05) is 11.8 Å². The Hall–Kier alpha value is -1.23. The molecule has 1 saturated carbocycles. The number of carbonyl (C=O) groups excluding carboxylic acids is 1. The first kappa shape index (κ1) is 13.2. The van der Waals surface area contributed by atoms with Crippen LogP contribution in [0.4, 0.5) is 0 Å². The Kier molecular flexibility index (Phi) is 4.47. The Labute approximate surface area is 111 Å². The highest BCUT2D eigenvalue weighted by Crippen LogP contribution is 2.30. The van der Waals surface area contributed by atoms with Crippen LogP contribution in [0.2, 0.25) is 0 Å². The van der Waals surface area contributed by atoms with Crippen LogP contribution in [0.3, 0.4) is 0 Å². The molecule has 2 atom stereocenters. The summed E-state index contributed by atoms with van der Waals surface area (Å²) in [4.78, 5) is 15.7. The minimum absolute atomic E-state index is 0.0625. The molecule has 98 valence electrons. The fourth-order valence-corrected chi connectivity index (χ4v) is 3.44. The van der Waals surface area contributed by atoms with Gasteiger partial charge in [-0.05, 0) is 31.1 Å². The fourth-order valence-electron chi connectivity index (χ4n) is 2.30. The van der Waals surface area contributed by atoms with Crippen LogP contribution in [0.15, 0.2) is 18.5 Å². The largest absolute Gasteiger partial charge is 0.505 e. The molecule has 0 bridgehead atoms. The van der Waals surface area contributed by atoms with Crippen molar-refractivity contribution in [2.45, 2.75) is 37.5 Å². The lowest BCUT2D eigenvalue weighted by Crippen LogP contribution is -2.33. The van der Waals surface area contributed by atoms with Gasteiger partial charge in [-0.25, -0.2) is 0 Å². The van der Waals surface area contributed by atoms with Gasteiger partial charge in [0.25, 0.3) is 5.91 Å². The maximum atomic E-state index is 12.0. The molecular weight excluding hydrogens is 248 g/mol. The molecule has 2 unspecified atom stereocenters. The summed E-state index contributed by atoms with van der Waals surface area (Å²) in [5.74, 6) is 0.853. The topological polar surface area (TPSA) is 62.2 Å². The van der Waals surface area contributed by atoms with E-state index in [0.717, 1.165) is 25.0 Å². The second-order valence-electron chi connectivity index (χ2n) is 4.45. The van der Waals surface area contributed by atoms with Crippen molar-refractivity contribution >= 4 is 17.7 Å². The molecule has 0 spiro atoms. The SMILES string of the molecule is CCSC1CCC(NC(=O)c2ccncc2O)C1. The van der Waals surface area contributed by atoms with Crippen LogP contribution >= 0.6 is 11.8 Å². The molecule has 0 saturated heterocycles. The molecule has 2 N–H and O–H groups in total. The van der Waals surface area contributed by atoms with E-state index in [2.05, 4.69) is 17.2 Å². The van der Waals surface area contributed by atoms with Crippen LogP contribution < -0.4 is 5.32 Å². The Morgan fingerprint density at radius 1 is 1.61 bits per heavy atom. The molecule has 1 aliphatic rings. The fraction of sp³-hybridized carbons (Fsp3) is 0.538. The lowest BCUT2D eigenvalue weighted by atomic mass is 10.2. The van der Waals surface area contributed by atoms with E-state index >= 15 is 0 Å². The normalized spacial score (nSPS) is 22.9. The second kappa shape index (κ2) is 6.09. The number of rotatable bonds is 4. The number of pyridine rings is 1. The summed E-state index contributed by atoms with van der Waals surface area (Å²) in [6.07, 6.45) is 6.01. The van der Waals surface area contributed by atoms with Crippen LogP contribution in [0, 0.1) is 0 Å². The summed E-state index contributed by atoms with van der Waals surface area (Å²) in [5, 5.41) is 13.2. The van der Waals surface area contributed by atoms with Crippen molar-refractivity contribution < 1.29 is 9.90 Å². The van der Waals surface area contributed by atoms with E-state index in [1.165, 1.54) is 18.5 Å². The molecular formula is C13H18N2O2S. The molecule has 2 rings (SSSR count). The Morgan fingerprint density at radius 2 is 2.44 bits per heavy atom. The predicted molar refractivity (Wildman–Crippen MR) is 72.9 cm³/mol. The Morgan fingerprint density at radius 3 is 3.17 bits per heavy atom. The molecule has 1 fully saturated rings. The predicted octanol–water partition coefficient (Wildman–Crippen LogP) is 2.19. The zero-order chi connectivity index (χ0) is 13.0. The van der Waals surface area contributed by atoms with Gasteiger partial charge in [-0.15, -0.1) is 0 Å². The Balaban J connectivity index is 1.91. The lowest BCUT2D eigenvalue weighted by molar-refractivity contribution is 0.0935. The van der Waals surface area contributed by atoms with E-state index in [1.54, 1.807) is 0 Å². The van der Waals surface area contributed by atoms with Crippen LogP contribution in [-0.2, 0) is 0 Å². The van der Waals surface area contributed by atoms with Gasteiger partial charge in [0.15, 0.2) is 0 Å². The summed E-state index contributed by atoms with van der Waals surface area (Å²) in [7, 11) is 0. The molecule has 0 radical (unpaired) electrons. The van der Waals surface area contributed by atoms with Crippen molar-refractivity contribution in [3.63, 3.8) is 0 Å². The van der Waals surface area contributed by atoms with Gasteiger partial charge in [0.05, 0.1) is 11.8 Å². The molecule has 1 amide bonds. The van der Waals surface area contributed by atoms with Crippen LogP contribution in [-0.4, -0.2) is 33.0 Å². The van der Waals surface area contributed by atoms with Gasteiger partial charge in [-0.3, -0.25) is 9.78 Å². The van der Waals surface area contributed by atoms with Crippen LogP contribution in [0.5, 0.6) is 5.75 Å². The highest BCUT2D eigenvalue weighted by molar-refractivity contribution is 7.99. The van der Waals surface area contributed by atoms with E-state index in [-0.39, 0.29) is 17.7 Å². The van der Waals surface area contributed by atoms with E-state index < -0.39 is 0 Å². The number of carbonyl (C=O) groups is 1. The van der Waals surface area contributed by atoms with Gasteiger partial charge in [0, 0.05) is 17.5 Å². The van der Waals surface area contributed by atoms with Gasteiger partial charge in [0.2, 0.25) is 0 Å². The second-order valence-corrected chi connectivity index (χ2v) is 6.03. The smallest absolute Gasteiger partial charge is 0.255 e. The molecule has 1 aromatic rings. The number of nitrogens with zero attached hydrogens (tertiary/aromatic N) is 1. The first-order valence-electron chi connectivity index (χ1n) is 6.26. The van der Waals surface area contributed by atoms with Crippen molar-refractivity contribution in [2.75, 3.05) is 5.75 Å². The number of nitrogens with one attached hydrogen (secondary N) is 1. The summed E-state index contributed by atoms with van der Waals surface area (Å²) in [6, 6.07) is 1.77. The van der Waals surface area contributed by atoms with E-state index in [0.29, 0.717) is 10.8 Å². The number of aromatic nitrogens is 1. The maximum Gasteiger partial charge on any atom is 0.255 e. The average Bonchev–Trinajstić information content (AvgIpc) is 2.77. The van der Waals surface area contributed by atoms with Gasteiger partial charge in [-0.2, -0.15) is 11.8 Å². The monoisotopic (exact) mass is 266 g/mol. The Bertz CT molecular complexity index is 425. The lowest BCUT2D eigenvalue weighted by Gasteiger charge is -2.13.